The number of rotatable bonds is 8. The Kier molecular flexibility index (Phi) is 7.68. The molecule has 0 saturated carbocycles. The summed E-state index contributed by atoms with van der Waals surface area (Å²) in [5.74, 6) is 0.627. The second-order valence-corrected chi connectivity index (χ2v) is 7.53. The summed E-state index contributed by atoms with van der Waals surface area (Å²) in [6.07, 6.45) is 5.16. The van der Waals surface area contributed by atoms with Crippen molar-refractivity contribution in [2.24, 2.45) is 4.99 Å². The number of H-pyrrole nitrogens is 1. The Morgan fingerprint density at radius 2 is 1.93 bits per heavy atom. The lowest BCUT2D eigenvalue weighted by Crippen LogP contribution is -2.44. The largest absolute Gasteiger partial charge is 0.361 e. The van der Waals surface area contributed by atoms with Crippen LogP contribution in [0.1, 0.15) is 18.4 Å². The van der Waals surface area contributed by atoms with Crippen LogP contribution >= 0.6 is 0 Å². The number of hydrogen-bond acceptors (Lipinski definition) is 3. The van der Waals surface area contributed by atoms with Crippen LogP contribution in [0.25, 0.3) is 10.9 Å². The molecule has 1 aromatic heterocycles. The minimum atomic E-state index is -0.212. The first-order valence-electron chi connectivity index (χ1n) is 10.3. The van der Waals surface area contributed by atoms with Gasteiger partial charge in [-0.15, -0.1) is 0 Å². The molecule has 0 radical (unpaired) electrons. The maximum absolute atomic E-state index is 13.3. The van der Waals surface area contributed by atoms with Crippen LogP contribution in [0.15, 0.2) is 29.4 Å². The van der Waals surface area contributed by atoms with E-state index in [-0.39, 0.29) is 5.82 Å². The molecule has 6 nitrogen and oxygen atoms in total. The normalized spacial score (nSPS) is 16.6. The zero-order valence-corrected chi connectivity index (χ0v) is 17.1. The molecule has 0 aliphatic carbocycles. The topological polar surface area (TPSA) is 58.7 Å². The highest BCUT2D eigenvalue weighted by Gasteiger charge is 2.12. The first kappa shape index (κ1) is 20.6. The van der Waals surface area contributed by atoms with Crippen molar-refractivity contribution in [2.75, 3.05) is 59.9 Å². The van der Waals surface area contributed by atoms with E-state index in [9.17, 15) is 4.39 Å². The van der Waals surface area contributed by atoms with Gasteiger partial charge >= 0.3 is 0 Å². The molecule has 28 heavy (non-hydrogen) atoms. The van der Waals surface area contributed by atoms with Crippen molar-refractivity contribution in [2.45, 2.75) is 19.3 Å². The molecular weight excluding hydrogens is 355 g/mol. The summed E-state index contributed by atoms with van der Waals surface area (Å²) in [4.78, 5) is 12.4. The van der Waals surface area contributed by atoms with E-state index in [4.69, 9.17) is 0 Å². The fourth-order valence-electron chi connectivity index (χ4n) is 3.64. The van der Waals surface area contributed by atoms with E-state index < -0.39 is 0 Å². The van der Waals surface area contributed by atoms with Gasteiger partial charge in [0, 0.05) is 63.4 Å². The van der Waals surface area contributed by atoms with E-state index in [1.807, 2.05) is 12.3 Å². The number of aromatic amines is 1. The maximum atomic E-state index is 13.3. The third-order valence-electron chi connectivity index (χ3n) is 5.43. The van der Waals surface area contributed by atoms with E-state index in [0.29, 0.717) is 0 Å². The van der Waals surface area contributed by atoms with Crippen molar-refractivity contribution in [1.29, 1.82) is 0 Å². The third kappa shape index (κ3) is 5.94. The Hall–Kier alpha value is -2.12. The van der Waals surface area contributed by atoms with E-state index in [1.54, 1.807) is 7.05 Å². The number of unbranched alkanes of at least 4 members (excludes halogenated alkanes) is 1. The van der Waals surface area contributed by atoms with Crippen molar-refractivity contribution in [3.63, 3.8) is 0 Å². The molecule has 0 spiro atoms. The van der Waals surface area contributed by atoms with E-state index in [1.165, 1.54) is 56.8 Å². The van der Waals surface area contributed by atoms with Gasteiger partial charge in [-0.05, 0) is 56.6 Å². The molecule has 0 atom stereocenters. The lowest BCUT2D eigenvalue weighted by Gasteiger charge is -2.32. The molecule has 1 saturated heterocycles. The fraction of sp³-hybridized carbons (Fsp3) is 0.571. The first-order valence-corrected chi connectivity index (χ1v) is 10.3. The van der Waals surface area contributed by atoms with Crippen molar-refractivity contribution >= 4 is 16.9 Å². The highest BCUT2D eigenvalue weighted by molar-refractivity contribution is 5.83. The molecule has 3 N–H and O–H groups in total. The Balaban J connectivity index is 1.31. The van der Waals surface area contributed by atoms with E-state index >= 15 is 0 Å². The van der Waals surface area contributed by atoms with Crippen LogP contribution in [0.5, 0.6) is 0 Å². The van der Waals surface area contributed by atoms with Gasteiger partial charge in [0.15, 0.2) is 5.96 Å². The predicted molar refractivity (Wildman–Crippen MR) is 114 cm³/mol. The van der Waals surface area contributed by atoms with Gasteiger partial charge in [-0.2, -0.15) is 0 Å². The minimum absolute atomic E-state index is 0.212. The summed E-state index contributed by atoms with van der Waals surface area (Å²) in [6.45, 7) is 7.63. The number of aromatic nitrogens is 1. The zero-order valence-electron chi connectivity index (χ0n) is 17.1. The van der Waals surface area contributed by atoms with Crippen molar-refractivity contribution in [1.82, 2.24) is 25.4 Å². The van der Waals surface area contributed by atoms with Crippen LogP contribution in [0, 0.1) is 5.82 Å². The van der Waals surface area contributed by atoms with Crippen LogP contribution in [0.2, 0.25) is 0 Å². The van der Waals surface area contributed by atoms with Gasteiger partial charge in [0.05, 0.1) is 0 Å². The van der Waals surface area contributed by atoms with E-state index in [2.05, 4.69) is 37.5 Å². The zero-order chi connectivity index (χ0) is 19.8. The standard InChI is InChI=1S/C21H33FN6/c1-23-21(24-8-3-4-10-28-13-11-27(2)12-14-28)25-9-7-17-16-26-20-15-18(22)5-6-19(17)20/h5-6,15-16,26H,3-4,7-14H2,1-2H3,(H2,23,24,25). The van der Waals surface area contributed by atoms with Crippen LogP contribution in [-0.4, -0.2) is 80.7 Å². The average molecular weight is 389 g/mol. The quantitative estimate of drug-likeness (QED) is 0.368. The summed E-state index contributed by atoms with van der Waals surface area (Å²) in [6, 6.07) is 4.88. The van der Waals surface area contributed by atoms with E-state index in [0.717, 1.165) is 42.8 Å². The maximum Gasteiger partial charge on any atom is 0.190 e. The Labute approximate surface area is 167 Å². The highest BCUT2D eigenvalue weighted by atomic mass is 19.1. The number of nitrogens with one attached hydrogen (secondary N) is 3. The molecular formula is C21H33FN6. The monoisotopic (exact) mass is 388 g/mol. The predicted octanol–water partition coefficient (Wildman–Crippen LogP) is 2.04. The number of hydrogen-bond donors (Lipinski definition) is 3. The van der Waals surface area contributed by atoms with Gasteiger partial charge in [0.2, 0.25) is 0 Å². The van der Waals surface area contributed by atoms with Gasteiger partial charge < -0.3 is 25.4 Å². The Bertz CT molecular complexity index is 763. The SMILES string of the molecule is CN=C(NCCCCN1CCN(C)CC1)NCCc1c[nH]c2cc(F)ccc12. The summed E-state index contributed by atoms with van der Waals surface area (Å²) in [5, 5.41) is 7.84. The summed E-state index contributed by atoms with van der Waals surface area (Å²) in [5.41, 5.74) is 2.03. The van der Waals surface area contributed by atoms with Crippen LogP contribution < -0.4 is 10.6 Å². The molecule has 3 rings (SSSR count). The lowest BCUT2D eigenvalue weighted by molar-refractivity contribution is 0.152. The highest BCUT2D eigenvalue weighted by Crippen LogP contribution is 2.19. The number of benzene rings is 1. The van der Waals surface area contributed by atoms with Crippen LogP contribution in [0.4, 0.5) is 4.39 Å². The number of halogens is 1. The third-order valence-corrected chi connectivity index (χ3v) is 5.43. The molecule has 1 aliphatic rings. The number of piperazine rings is 1. The molecule has 2 heterocycles. The molecule has 1 fully saturated rings. The van der Waals surface area contributed by atoms with Gasteiger partial charge in [-0.3, -0.25) is 4.99 Å². The number of nitrogens with zero attached hydrogens (tertiary/aromatic N) is 3. The van der Waals surface area contributed by atoms with Crippen molar-refractivity contribution in [3.8, 4) is 0 Å². The molecule has 1 aliphatic heterocycles. The molecule has 154 valence electrons. The molecule has 2 aromatic rings. The Morgan fingerprint density at radius 1 is 1.14 bits per heavy atom. The molecule has 1 aromatic carbocycles. The molecule has 7 heteroatoms. The van der Waals surface area contributed by atoms with Gasteiger partial charge in [0.25, 0.3) is 0 Å². The first-order chi connectivity index (χ1) is 13.7. The molecule has 0 amide bonds. The van der Waals surface area contributed by atoms with Gasteiger partial charge in [-0.1, -0.05) is 0 Å². The van der Waals surface area contributed by atoms with Crippen LogP contribution in [-0.2, 0) is 6.42 Å². The number of guanidine groups is 1. The number of fused-ring (bicyclic) bond motifs is 1. The lowest BCUT2D eigenvalue weighted by atomic mass is 10.1. The van der Waals surface area contributed by atoms with Crippen molar-refractivity contribution < 1.29 is 4.39 Å². The number of likely N-dealkylation sites (N-methyl/N-ethyl adjacent to an activating group) is 1. The molecule has 0 unspecified atom stereocenters. The van der Waals surface area contributed by atoms with Crippen LogP contribution in [0.3, 0.4) is 0 Å². The van der Waals surface area contributed by atoms with Gasteiger partial charge in [0.1, 0.15) is 5.82 Å². The molecule has 0 bridgehead atoms. The van der Waals surface area contributed by atoms with Crippen molar-refractivity contribution in [3.05, 3.63) is 35.8 Å². The second kappa shape index (κ2) is 10.4. The fourth-order valence-corrected chi connectivity index (χ4v) is 3.64. The summed E-state index contributed by atoms with van der Waals surface area (Å²) in [7, 11) is 3.99. The number of aliphatic imine (C=N–C) groups is 1. The second-order valence-electron chi connectivity index (χ2n) is 7.53. The smallest absolute Gasteiger partial charge is 0.190 e. The van der Waals surface area contributed by atoms with Gasteiger partial charge in [-0.25, -0.2) is 4.39 Å². The summed E-state index contributed by atoms with van der Waals surface area (Å²) < 4.78 is 13.3. The summed E-state index contributed by atoms with van der Waals surface area (Å²) >= 11 is 0. The Morgan fingerprint density at radius 3 is 2.71 bits per heavy atom. The minimum Gasteiger partial charge on any atom is -0.361 e. The average Bonchev–Trinajstić information content (AvgIpc) is 3.09.